The maximum atomic E-state index is 13.4. The average Bonchev–Trinajstić information content (AvgIpc) is 2.28. The van der Waals surface area contributed by atoms with E-state index in [0.717, 1.165) is 30.7 Å². The van der Waals surface area contributed by atoms with Crippen molar-refractivity contribution in [2.45, 2.75) is 36.0 Å². The third-order valence-electron chi connectivity index (χ3n) is 2.45. The van der Waals surface area contributed by atoms with Crippen molar-refractivity contribution in [1.82, 2.24) is 0 Å². The van der Waals surface area contributed by atoms with Crippen LogP contribution in [-0.2, 0) is 0 Å². The van der Waals surface area contributed by atoms with Crippen LogP contribution in [0.5, 0.6) is 0 Å². The van der Waals surface area contributed by atoms with Crippen LogP contribution in [0.3, 0.4) is 0 Å². The first-order valence-corrected chi connectivity index (χ1v) is 6.44. The van der Waals surface area contributed by atoms with Gasteiger partial charge in [-0.3, -0.25) is 0 Å². The monoisotopic (exact) mass is 261 g/mol. The Morgan fingerprint density at radius 3 is 2.65 bits per heavy atom. The van der Waals surface area contributed by atoms with Crippen LogP contribution < -0.4 is 5.73 Å². The molecule has 2 atom stereocenters. The number of thioether (sulfide) groups is 1. The standard InChI is InChI=1S/C12H17F2NOS/c1-2-3-10(15)12(7-16)17-11-5-4-8(13)6-9(11)14/h4-6,10,12,16H,2-3,7,15H2,1H3. The molecule has 2 nitrogen and oxygen atoms in total. The topological polar surface area (TPSA) is 46.2 Å². The van der Waals surface area contributed by atoms with Crippen molar-refractivity contribution in [2.24, 2.45) is 5.73 Å². The first kappa shape index (κ1) is 14.4. The Morgan fingerprint density at radius 2 is 2.12 bits per heavy atom. The fourth-order valence-corrected chi connectivity index (χ4v) is 2.54. The summed E-state index contributed by atoms with van der Waals surface area (Å²) in [5, 5.41) is 8.96. The van der Waals surface area contributed by atoms with E-state index in [-0.39, 0.29) is 17.9 Å². The molecule has 1 aromatic rings. The van der Waals surface area contributed by atoms with E-state index in [1.54, 1.807) is 0 Å². The Morgan fingerprint density at radius 1 is 1.41 bits per heavy atom. The van der Waals surface area contributed by atoms with Crippen molar-refractivity contribution < 1.29 is 13.9 Å². The number of halogens is 2. The van der Waals surface area contributed by atoms with Crippen LogP contribution in [0, 0.1) is 11.6 Å². The largest absolute Gasteiger partial charge is 0.395 e. The number of aliphatic hydroxyl groups excluding tert-OH is 1. The fourth-order valence-electron chi connectivity index (χ4n) is 1.51. The molecular formula is C12H17F2NOS. The molecule has 96 valence electrons. The first-order valence-electron chi connectivity index (χ1n) is 5.56. The van der Waals surface area contributed by atoms with Gasteiger partial charge in [0.15, 0.2) is 0 Å². The Bertz CT molecular complexity index is 362. The van der Waals surface area contributed by atoms with Crippen molar-refractivity contribution in [3.05, 3.63) is 29.8 Å². The highest BCUT2D eigenvalue weighted by atomic mass is 32.2. The molecule has 0 aromatic heterocycles. The number of nitrogens with two attached hydrogens (primary N) is 1. The molecule has 5 heteroatoms. The van der Waals surface area contributed by atoms with Gasteiger partial charge in [0.2, 0.25) is 0 Å². The molecule has 0 amide bonds. The molecule has 0 heterocycles. The summed E-state index contributed by atoms with van der Waals surface area (Å²) in [5.41, 5.74) is 5.89. The van der Waals surface area contributed by atoms with E-state index in [1.165, 1.54) is 12.1 Å². The quantitative estimate of drug-likeness (QED) is 0.774. The second-order valence-corrected chi connectivity index (χ2v) is 5.15. The SMILES string of the molecule is CCCC(N)C(CO)Sc1ccc(F)cc1F. The molecule has 2 unspecified atom stereocenters. The number of benzene rings is 1. The smallest absolute Gasteiger partial charge is 0.139 e. The van der Waals surface area contributed by atoms with E-state index in [2.05, 4.69) is 0 Å². The third kappa shape index (κ3) is 4.26. The minimum Gasteiger partial charge on any atom is -0.395 e. The Balaban J connectivity index is 2.73. The van der Waals surface area contributed by atoms with Crippen molar-refractivity contribution in [3.8, 4) is 0 Å². The predicted molar refractivity (Wildman–Crippen MR) is 66.0 cm³/mol. The Kier molecular flexibility index (Phi) is 5.88. The van der Waals surface area contributed by atoms with Gasteiger partial charge >= 0.3 is 0 Å². The Hall–Kier alpha value is -0.650. The van der Waals surface area contributed by atoms with Crippen molar-refractivity contribution in [3.63, 3.8) is 0 Å². The number of aliphatic hydroxyl groups is 1. The highest BCUT2D eigenvalue weighted by Gasteiger charge is 2.19. The molecule has 1 aromatic carbocycles. The summed E-state index contributed by atoms with van der Waals surface area (Å²) < 4.78 is 26.1. The highest BCUT2D eigenvalue weighted by molar-refractivity contribution is 8.00. The normalized spacial score (nSPS) is 14.6. The summed E-state index contributed by atoms with van der Waals surface area (Å²) >= 11 is 1.16. The highest BCUT2D eigenvalue weighted by Crippen LogP contribution is 2.28. The zero-order valence-corrected chi connectivity index (χ0v) is 10.5. The molecule has 0 bridgehead atoms. The lowest BCUT2D eigenvalue weighted by molar-refractivity contribution is 0.279. The lowest BCUT2D eigenvalue weighted by Gasteiger charge is -2.21. The molecule has 0 saturated heterocycles. The first-order chi connectivity index (χ1) is 8.08. The summed E-state index contributed by atoms with van der Waals surface area (Å²) in [7, 11) is 0. The van der Waals surface area contributed by atoms with Crippen LogP contribution in [0.4, 0.5) is 8.78 Å². The van der Waals surface area contributed by atoms with Gasteiger partial charge in [0.05, 0.1) is 6.61 Å². The number of rotatable bonds is 6. The minimum atomic E-state index is -0.614. The van der Waals surface area contributed by atoms with E-state index < -0.39 is 11.6 Å². The number of hydrogen-bond acceptors (Lipinski definition) is 3. The lowest BCUT2D eigenvalue weighted by atomic mass is 10.1. The zero-order chi connectivity index (χ0) is 12.8. The van der Waals surface area contributed by atoms with Gasteiger partial charge in [-0.2, -0.15) is 0 Å². The molecule has 0 aliphatic heterocycles. The summed E-state index contributed by atoms with van der Waals surface area (Å²) in [6.45, 7) is 1.88. The zero-order valence-electron chi connectivity index (χ0n) is 9.70. The molecule has 0 saturated carbocycles. The van der Waals surface area contributed by atoms with Crippen LogP contribution in [0.15, 0.2) is 23.1 Å². The van der Waals surface area contributed by atoms with Crippen molar-refractivity contribution in [2.75, 3.05) is 6.61 Å². The summed E-state index contributed by atoms with van der Waals surface area (Å²) in [6.07, 6.45) is 1.67. The van der Waals surface area contributed by atoms with Crippen LogP contribution in [0.1, 0.15) is 19.8 Å². The van der Waals surface area contributed by atoms with Gasteiger partial charge in [-0.05, 0) is 18.6 Å². The molecule has 0 fully saturated rings. The Labute approximate surface area is 104 Å². The molecule has 17 heavy (non-hydrogen) atoms. The average molecular weight is 261 g/mol. The van der Waals surface area contributed by atoms with Crippen LogP contribution >= 0.6 is 11.8 Å². The molecule has 1 rings (SSSR count). The summed E-state index contributed by atoms with van der Waals surface area (Å²) in [6, 6.07) is 3.21. The fraction of sp³-hybridized carbons (Fsp3) is 0.500. The lowest BCUT2D eigenvalue weighted by Crippen LogP contribution is -2.34. The predicted octanol–water partition coefficient (Wildman–Crippen LogP) is 2.55. The van der Waals surface area contributed by atoms with Crippen LogP contribution in [0.25, 0.3) is 0 Å². The molecule has 0 spiro atoms. The van der Waals surface area contributed by atoms with Gasteiger partial charge in [-0.15, -0.1) is 11.8 Å². The summed E-state index contributed by atoms with van der Waals surface area (Å²) in [4.78, 5) is 0.317. The van der Waals surface area contributed by atoms with Gasteiger partial charge in [0.25, 0.3) is 0 Å². The maximum Gasteiger partial charge on any atom is 0.139 e. The second kappa shape index (κ2) is 6.93. The van der Waals surface area contributed by atoms with Gasteiger partial charge in [0, 0.05) is 22.3 Å². The third-order valence-corrected chi connectivity index (χ3v) is 3.84. The molecule has 0 aliphatic carbocycles. The van der Waals surface area contributed by atoms with Crippen LogP contribution in [0.2, 0.25) is 0 Å². The van der Waals surface area contributed by atoms with Gasteiger partial charge in [-0.25, -0.2) is 8.78 Å². The summed E-state index contributed by atoms with van der Waals surface area (Å²) in [5.74, 6) is -1.22. The molecule has 0 radical (unpaired) electrons. The second-order valence-electron chi connectivity index (χ2n) is 3.87. The minimum absolute atomic E-state index is 0.122. The van der Waals surface area contributed by atoms with Gasteiger partial charge < -0.3 is 10.8 Å². The maximum absolute atomic E-state index is 13.4. The van der Waals surface area contributed by atoms with Crippen molar-refractivity contribution >= 4 is 11.8 Å². The number of hydrogen-bond donors (Lipinski definition) is 2. The van der Waals surface area contributed by atoms with E-state index in [1.807, 2.05) is 6.92 Å². The van der Waals surface area contributed by atoms with Crippen LogP contribution in [-0.4, -0.2) is 23.0 Å². The molecule has 0 aliphatic rings. The van der Waals surface area contributed by atoms with E-state index in [0.29, 0.717) is 4.90 Å². The van der Waals surface area contributed by atoms with Crippen molar-refractivity contribution in [1.29, 1.82) is 0 Å². The van der Waals surface area contributed by atoms with E-state index >= 15 is 0 Å². The van der Waals surface area contributed by atoms with E-state index in [4.69, 9.17) is 5.73 Å². The molecular weight excluding hydrogens is 244 g/mol. The molecule has 3 N–H and O–H groups in total. The van der Waals surface area contributed by atoms with Gasteiger partial charge in [0.1, 0.15) is 11.6 Å². The van der Waals surface area contributed by atoms with Gasteiger partial charge in [-0.1, -0.05) is 13.3 Å². The van der Waals surface area contributed by atoms with E-state index in [9.17, 15) is 13.9 Å².